The van der Waals surface area contributed by atoms with Crippen LogP contribution in [0.5, 0.6) is 0 Å². The van der Waals surface area contributed by atoms with E-state index in [0.717, 1.165) is 24.8 Å². The van der Waals surface area contributed by atoms with E-state index >= 15 is 0 Å². The van der Waals surface area contributed by atoms with E-state index < -0.39 is 0 Å². The van der Waals surface area contributed by atoms with Gasteiger partial charge in [-0.05, 0) is 54.7 Å². The van der Waals surface area contributed by atoms with Crippen molar-refractivity contribution in [3.63, 3.8) is 0 Å². The minimum absolute atomic E-state index is 0.0547. The lowest BCUT2D eigenvalue weighted by Gasteiger charge is -2.22. The highest BCUT2D eigenvalue weighted by atomic mass is 35.5. The van der Waals surface area contributed by atoms with Gasteiger partial charge in [-0.3, -0.25) is 4.79 Å². The van der Waals surface area contributed by atoms with E-state index in [1.54, 1.807) is 18.2 Å². The highest BCUT2D eigenvalue weighted by Crippen LogP contribution is 2.32. The van der Waals surface area contributed by atoms with E-state index in [0.29, 0.717) is 21.6 Å². The number of carbonyl (C=O) groups is 1. The quantitative estimate of drug-likeness (QED) is 0.649. The van der Waals surface area contributed by atoms with Crippen molar-refractivity contribution < 1.29 is 9.32 Å². The average Bonchev–Trinajstić information content (AvgIpc) is 3.13. The van der Waals surface area contributed by atoms with Crippen LogP contribution in [0.4, 0.5) is 5.69 Å². The Hall–Kier alpha value is -2.41. The fourth-order valence-electron chi connectivity index (χ4n) is 3.37. The van der Waals surface area contributed by atoms with Gasteiger partial charge in [-0.25, -0.2) is 0 Å². The number of hydrogen-bond donors (Lipinski definition) is 2. The van der Waals surface area contributed by atoms with Gasteiger partial charge in [0.05, 0.1) is 22.2 Å². The molecular formula is C20H18Cl2N4O2. The lowest BCUT2D eigenvalue weighted by Crippen LogP contribution is -2.17. The topological polar surface area (TPSA) is 94.0 Å². The van der Waals surface area contributed by atoms with Gasteiger partial charge >= 0.3 is 0 Å². The van der Waals surface area contributed by atoms with Gasteiger partial charge in [0.1, 0.15) is 0 Å². The number of nitrogens with two attached hydrogens (primary N) is 1. The van der Waals surface area contributed by atoms with E-state index in [-0.39, 0.29) is 24.2 Å². The van der Waals surface area contributed by atoms with E-state index in [4.69, 9.17) is 33.5 Å². The smallest absolute Gasteiger partial charge is 0.257 e. The highest BCUT2D eigenvalue weighted by Gasteiger charge is 2.19. The zero-order valence-electron chi connectivity index (χ0n) is 14.9. The maximum atomic E-state index is 12.3. The Morgan fingerprint density at radius 1 is 1.25 bits per heavy atom. The summed E-state index contributed by atoms with van der Waals surface area (Å²) in [5.74, 6) is 0.324. The standard InChI is InChI=1S/C20H18Cl2N4O2/c21-14-4-2-5-15(22)19(14)25-18(27)10-17-24-20(28-26-17)12-7-8-13-11(9-12)3-1-6-16(13)23/h2,4-5,7-9,16H,1,3,6,10,23H2,(H,25,27). The van der Waals surface area contributed by atoms with Crippen LogP contribution in [0, 0.1) is 0 Å². The second kappa shape index (κ2) is 7.91. The van der Waals surface area contributed by atoms with Crippen LogP contribution in [-0.2, 0) is 17.6 Å². The third kappa shape index (κ3) is 3.90. The number of fused-ring (bicyclic) bond motifs is 1. The zero-order valence-corrected chi connectivity index (χ0v) is 16.4. The Bertz CT molecular complexity index is 1010. The molecule has 4 rings (SSSR count). The van der Waals surface area contributed by atoms with Gasteiger partial charge in [0.2, 0.25) is 5.91 Å². The molecule has 6 nitrogen and oxygen atoms in total. The molecule has 0 saturated heterocycles. The summed E-state index contributed by atoms with van der Waals surface area (Å²) in [6.45, 7) is 0. The Morgan fingerprint density at radius 3 is 2.82 bits per heavy atom. The Labute approximate surface area is 172 Å². The number of rotatable bonds is 4. The van der Waals surface area contributed by atoms with Crippen LogP contribution >= 0.6 is 23.2 Å². The first kappa shape index (κ1) is 18.9. The fourth-order valence-corrected chi connectivity index (χ4v) is 3.86. The lowest BCUT2D eigenvalue weighted by atomic mass is 9.87. The molecule has 0 fully saturated rings. The molecular weight excluding hydrogens is 399 g/mol. The van der Waals surface area contributed by atoms with E-state index in [2.05, 4.69) is 15.5 Å². The Balaban J connectivity index is 1.48. The first-order chi connectivity index (χ1) is 13.5. The molecule has 0 radical (unpaired) electrons. The molecule has 1 aromatic heterocycles. The molecule has 3 aromatic rings. The van der Waals surface area contributed by atoms with Crippen molar-refractivity contribution in [2.45, 2.75) is 31.7 Å². The van der Waals surface area contributed by atoms with Crippen molar-refractivity contribution in [2.24, 2.45) is 5.73 Å². The third-order valence-corrected chi connectivity index (χ3v) is 5.39. The van der Waals surface area contributed by atoms with Crippen molar-refractivity contribution in [1.29, 1.82) is 0 Å². The number of hydrogen-bond acceptors (Lipinski definition) is 5. The molecule has 2 aromatic carbocycles. The predicted molar refractivity (Wildman–Crippen MR) is 108 cm³/mol. The number of carbonyl (C=O) groups excluding carboxylic acids is 1. The van der Waals surface area contributed by atoms with E-state index in [1.165, 1.54) is 11.1 Å². The van der Waals surface area contributed by atoms with Crippen molar-refractivity contribution in [3.05, 3.63) is 63.4 Å². The van der Waals surface area contributed by atoms with Crippen molar-refractivity contribution in [1.82, 2.24) is 10.1 Å². The fraction of sp³-hybridized carbons (Fsp3) is 0.250. The summed E-state index contributed by atoms with van der Waals surface area (Å²) in [5, 5.41) is 7.32. The number of aromatic nitrogens is 2. The normalized spacial score (nSPS) is 15.9. The largest absolute Gasteiger partial charge is 0.334 e. The second-order valence-corrected chi connectivity index (χ2v) is 7.56. The van der Waals surface area contributed by atoms with Crippen molar-refractivity contribution >= 4 is 34.8 Å². The molecule has 1 aliphatic carbocycles. The number of aryl methyl sites for hydroxylation is 1. The molecule has 1 amide bonds. The number of para-hydroxylation sites is 1. The van der Waals surface area contributed by atoms with Gasteiger partial charge in [0, 0.05) is 11.6 Å². The predicted octanol–water partition coefficient (Wildman–Crippen LogP) is 4.56. The van der Waals surface area contributed by atoms with Gasteiger partial charge in [0.15, 0.2) is 5.82 Å². The molecule has 28 heavy (non-hydrogen) atoms. The van der Waals surface area contributed by atoms with Gasteiger partial charge in [-0.1, -0.05) is 40.5 Å². The van der Waals surface area contributed by atoms with Gasteiger partial charge < -0.3 is 15.6 Å². The minimum Gasteiger partial charge on any atom is -0.334 e. The summed E-state index contributed by atoms with van der Waals surface area (Å²) in [5.41, 5.74) is 9.73. The minimum atomic E-state index is -0.334. The number of anilines is 1. The van der Waals surface area contributed by atoms with Crippen LogP contribution in [0.2, 0.25) is 10.0 Å². The lowest BCUT2D eigenvalue weighted by molar-refractivity contribution is -0.115. The van der Waals surface area contributed by atoms with E-state index in [9.17, 15) is 4.79 Å². The Morgan fingerprint density at radius 2 is 2.04 bits per heavy atom. The molecule has 0 spiro atoms. The average molecular weight is 417 g/mol. The highest BCUT2D eigenvalue weighted by molar-refractivity contribution is 6.39. The molecule has 144 valence electrons. The van der Waals surface area contributed by atoms with Crippen LogP contribution in [0.15, 0.2) is 40.9 Å². The SMILES string of the molecule is NC1CCCc2cc(-c3nc(CC(=O)Nc4c(Cl)cccc4Cl)no3)ccc21. The molecule has 0 bridgehead atoms. The molecule has 1 aliphatic rings. The molecule has 3 N–H and O–H groups in total. The summed E-state index contributed by atoms with van der Waals surface area (Å²) in [6.07, 6.45) is 3.00. The van der Waals surface area contributed by atoms with Crippen LogP contribution in [0.25, 0.3) is 11.5 Å². The van der Waals surface area contributed by atoms with Gasteiger partial charge in [-0.15, -0.1) is 0 Å². The van der Waals surface area contributed by atoms with Crippen LogP contribution in [0.1, 0.15) is 35.8 Å². The summed E-state index contributed by atoms with van der Waals surface area (Å²) < 4.78 is 5.34. The maximum absolute atomic E-state index is 12.3. The summed E-state index contributed by atoms with van der Waals surface area (Å²) in [6, 6.07) is 11.1. The zero-order chi connectivity index (χ0) is 19.7. The Kier molecular flexibility index (Phi) is 5.35. The van der Waals surface area contributed by atoms with Crippen LogP contribution < -0.4 is 11.1 Å². The van der Waals surface area contributed by atoms with Crippen LogP contribution in [-0.4, -0.2) is 16.0 Å². The van der Waals surface area contributed by atoms with Gasteiger partial charge in [0.25, 0.3) is 5.89 Å². The third-order valence-electron chi connectivity index (χ3n) is 4.76. The number of amides is 1. The van der Waals surface area contributed by atoms with Crippen LogP contribution in [0.3, 0.4) is 0 Å². The van der Waals surface area contributed by atoms with Crippen molar-refractivity contribution in [3.8, 4) is 11.5 Å². The summed E-state index contributed by atoms with van der Waals surface area (Å²) in [4.78, 5) is 16.6. The van der Waals surface area contributed by atoms with E-state index in [1.807, 2.05) is 18.2 Å². The summed E-state index contributed by atoms with van der Waals surface area (Å²) >= 11 is 12.1. The molecule has 0 saturated carbocycles. The molecule has 1 unspecified atom stereocenters. The number of benzene rings is 2. The second-order valence-electron chi connectivity index (χ2n) is 6.75. The molecule has 0 aliphatic heterocycles. The molecule has 1 heterocycles. The van der Waals surface area contributed by atoms with Gasteiger partial charge in [-0.2, -0.15) is 4.98 Å². The first-order valence-corrected chi connectivity index (χ1v) is 9.72. The summed E-state index contributed by atoms with van der Waals surface area (Å²) in [7, 11) is 0. The first-order valence-electron chi connectivity index (χ1n) is 8.96. The molecule has 1 atom stereocenters. The molecule has 8 heteroatoms. The number of halogens is 2. The maximum Gasteiger partial charge on any atom is 0.257 e. The number of nitrogens with zero attached hydrogens (tertiary/aromatic N) is 2. The number of nitrogens with one attached hydrogen (secondary N) is 1. The van der Waals surface area contributed by atoms with Crippen molar-refractivity contribution in [2.75, 3.05) is 5.32 Å². The monoisotopic (exact) mass is 416 g/mol.